The number of benzene rings is 1. The number of carbonyl (C=O) groups excluding carboxylic acids is 1. The van der Waals surface area contributed by atoms with E-state index in [0.29, 0.717) is 5.56 Å². The molecule has 0 aromatic heterocycles. The summed E-state index contributed by atoms with van der Waals surface area (Å²) < 4.78 is 17.8. The van der Waals surface area contributed by atoms with Gasteiger partial charge in [0.05, 0.1) is 6.42 Å². The third-order valence-electron chi connectivity index (χ3n) is 2.50. The largest absolute Gasteiger partial charge is 0.481 e. The minimum atomic E-state index is -1.11. The van der Waals surface area contributed by atoms with E-state index in [9.17, 15) is 14.0 Å². The lowest BCUT2D eigenvalue weighted by molar-refractivity contribution is -0.144. The molecule has 2 atom stereocenters. The fraction of sp³-hybridized carbons (Fsp3) is 0.273. The van der Waals surface area contributed by atoms with Crippen LogP contribution in [0.5, 0.6) is 0 Å². The SMILES string of the molecule is O=C1C[C@H](C(=O)O)[C@@H](c2cccc(F)c2)O1. The summed E-state index contributed by atoms with van der Waals surface area (Å²) in [4.78, 5) is 21.9. The first-order chi connectivity index (χ1) is 7.58. The van der Waals surface area contributed by atoms with Crippen molar-refractivity contribution in [1.82, 2.24) is 0 Å². The van der Waals surface area contributed by atoms with Crippen molar-refractivity contribution in [1.29, 1.82) is 0 Å². The van der Waals surface area contributed by atoms with Gasteiger partial charge in [-0.1, -0.05) is 12.1 Å². The summed E-state index contributed by atoms with van der Waals surface area (Å²) in [6, 6.07) is 5.42. The van der Waals surface area contributed by atoms with Gasteiger partial charge >= 0.3 is 11.9 Å². The van der Waals surface area contributed by atoms with E-state index in [0.717, 1.165) is 0 Å². The second-order valence-electron chi connectivity index (χ2n) is 3.61. The number of hydrogen-bond acceptors (Lipinski definition) is 3. The van der Waals surface area contributed by atoms with Crippen LogP contribution in [0, 0.1) is 11.7 Å². The van der Waals surface area contributed by atoms with Crippen LogP contribution >= 0.6 is 0 Å². The number of carboxylic acids is 1. The number of esters is 1. The number of hydrogen-bond donors (Lipinski definition) is 1. The highest BCUT2D eigenvalue weighted by Crippen LogP contribution is 2.35. The summed E-state index contributed by atoms with van der Waals surface area (Å²) in [5, 5.41) is 8.91. The van der Waals surface area contributed by atoms with Crippen molar-refractivity contribution >= 4 is 11.9 Å². The van der Waals surface area contributed by atoms with Gasteiger partial charge in [-0.15, -0.1) is 0 Å². The number of halogens is 1. The van der Waals surface area contributed by atoms with Crippen LogP contribution < -0.4 is 0 Å². The highest BCUT2D eigenvalue weighted by atomic mass is 19.1. The van der Waals surface area contributed by atoms with E-state index in [1.807, 2.05) is 0 Å². The topological polar surface area (TPSA) is 63.6 Å². The number of rotatable bonds is 2. The van der Waals surface area contributed by atoms with E-state index in [1.54, 1.807) is 6.07 Å². The van der Waals surface area contributed by atoms with Crippen molar-refractivity contribution in [3.8, 4) is 0 Å². The molecule has 0 spiro atoms. The fourth-order valence-corrected chi connectivity index (χ4v) is 1.76. The predicted molar refractivity (Wildman–Crippen MR) is 51.0 cm³/mol. The Balaban J connectivity index is 2.32. The van der Waals surface area contributed by atoms with E-state index in [-0.39, 0.29) is 6.42 Å². The van der Waals surface area contributed by atoms with Crippen molar-refractivity contribution < 1.29 is 23.8 Å². The minimum Gasteiger partial charge on any atom is -0.481 e. The van der Waals surface area contributed by atoms with Gasteiger partial charge in [-0.2, -0.15) is 0 Å². The molecule has 1 heterocycles. The van der Waals surface area contributed by atoms with Crippen molar-refractivity contribution in [2.45, 2.75) is 12.5 Å². The van der Waals surface area contributed by atoms with Gasteiger partial charge in [0.15, 0.2) is 0 Å². The fourth-order valence-electron chi connectivity index (χ4n) is 1.76. The Hall–Kier alpha value is -1.91. The summed E-state index contributed by atoms with van der Waals surface area (Å²) in [7, 11) is 0. The van der Waals surface area contributed by atoms with Crippen molar-refractivity contribution in [2.75, 3.05) is 0 Å². The molecule has 0 radical (unpaired) electrons. The van der Waals surface area contributed by atoms with Crippen LogP contribution in [0.15, 0.2) is 24.3 Å². The summed E-state index contributed by atoms with van der Waals surface area (Å²) in [6.45, 7) is 0. The number of carbonyl (C=O) groups is 2. The van der Waals surface area contributed by atoms with Crippen molar-refractivity contribution in [2.24, 2.45) is 5.92 Å². The summed E-state index contributed by atoms with van der Waals surface area (Å²) in [5.41, 5.74) is 0.373. The second-order valence-corrected chi connectivity index (χ2v) is 3.61. The molecule has 1 N–H and O–H groups in total. The van der Waals surface area contributed by atoms with E-state index in [2.05, 4.69) is 0 Å². The van der Waals surface area contributed by atoms with E-state index in [1.165, 1.54) is 18.2 Å². The van der Waals surface area contributed by atoms with Gasteiger partial charge in [0.25, 0.3) is 0 Å². The van der Waals surface area contributed by atoms with Gasteiger partial charge < -0.3 is 9.84 Å². The molecule has 1 saturated heterocycles. The predicted octanol–water partition coefficient (Wildman–Crippen LogP) is 1.51. The van der Waals surface area contributed by atoms with Crippen LogP contribution in [0.2, 0.25) is 0 Å². The molecule has 0 bridgehead atoms. The molecule has 4 nitrogen and oxygen atoms in total. The number of aliphatic carboxylic acids is 1. The van der Waals surface area contributed by atoms with Crippen LogP contribution in [0.1, 0.15) is 18.1 Å². The Morgan fingerprint density at radius 2 is 2.25 bits per heavy atom. The first-order valence-corrected chi connectivity index (χ1v) is 4.75. The Bertz CT molecular complexity index is 443. The second kappa shape index (κ2) is 3.92. The zero-order valence-electron chi connectivity index (χ0n) is 8.22. The average molecular weight is 224 g/mol. The Morgan fingerprint density at radius 3 is 2.88 bits per heavy atom. The molecule has 1 fully saturated rings. The number of cyclic esters (lactones) is 1. The molecule has 5 heteroatoms. The van der Waals surface area contributed by atoms with Crippen LogP contribution in [-0.2, 0) is 14.3 Å². The smallest absolute Gasteiger partial charge is 0.311 e. The quantitative estimate of drug-likeness (QED) is 0.773. The van der Waals surface area contributed by atoms with E-state index < -0.39 is 29.8 Å². The van der Waals surface area contributed by atoms with E-state index >= 15 is 0 Å². The van der Waals surface area contributed by atoms with Crippen LogP contribution in [-0.4, -0.2) is 17.0 Å². The van der Waals surface area contributed by atoms with Crippen LogP contribution in [0.4, 0.5) is 4.39 Å². The maximum Gasteiger partial charge on any atom is 0.311 e. The maximum absolute atomic E-state index is 13.0. The standard InChI is InChI=1S/C11H9FO4/c12-7-3-1-2-6(4-7)10-8(11(14)15)5-9(13)16-10/h1-4,8,10H,5H2,(H,14,15)/t8-,10+/m0/s1. The lowest BCUT2D eigenvalue weighted by Crippen LogP contribution is -2.17. The molecule has 1 aromatic rings. The molecule has 0 unspecified atom stereocenters. The monoisotopic (exact) mass is 224 g/mol. The van der Waals surface area contributed by atoms with Gasteiger partial charge in [0.2, 0.25) is 0 Å². The molecular weight excluding hydrogens is 215 g/mol. The molecule has 0 saturated carbocycles. The Labute approximate surface area is 90.6 Å². The van der Waals surface area contributed by atoms with Gasteiger partial charge in [0.1, 0.15) is 17.8 Å². The zero-order chi connectivity index (χ0) is 11.7. The molecule has 1 aliphatic rings. The zero-order valence-corrected chi connectivity index (χ0v) is 8.22. The molecular formula is C11H9FO4. The molecule has 2 rings (SSSR count). The molecule has 1 aromatic carbocycles. The normalized spacial score (nSPS) is 24.2. The highest BCUT2D eigenvalue weighted by molar-refractivity contribution is 5.82. The molecule has 0 amide bonds. The van der Waals surface area contributed by atoms with E-state index in [4.69, 9.17) is 9.84 Å². The number of ether oxygens (including phenoxy) is 1. The van der Waals surface area contributed by atoms with Crippen molar-refractivity contribution in [3.05, 3.63) is 35.6 Å². The van der Waals surface area contributed by atoms with Crippen molar-refractivity contribution in [3.63, 3.8) is 0 Å². The Kier molecular flexibility index (Phi) is 2.60. The average Bonchev–Trinajstić information content (AvgIpc) is 2.60. The third-order valence-corrected chi connectivity index (χ3v) is 2.50. The first kappa shape index (κ1) is 10.6. The molecule has 1 aliphatic heterocycles. The lowest BCUT2D eigenvalue weighted by atomic mass is 9.95. The third kappa shape index (κ3) is 1.88. The summed E-state index contributed by atoms with van der Waals surface area (Å²) in [5.74, 6) is -3.10. The van der Waals surface area contributed by atoms with Crippen LogP contribution in [0.25, 0.3) is 0 Å². The van der Waals surface area contributed by atoms with Gasteiger partial charge in [-0.3, -0.25) is 9.59 Å². The maximum atomic E-state index is 13.0. The molecule has 84 valence electrons. The number of carboxylic acid groups (broad SMARTS) is 1. The summed E-state index contributed by atoms with van der Waals surface area (Å²) >= 11 is 0. The minimum absolute atomic E-state index is 0.170. The van der Waals surface area contributed by atoms with Gasteiger partial charge in [-0.05, 0) is 17.7 Å². The van der Waals surface area contributed by atoms with Gasteiger partial charge in [-0.25, -0.2) is 4.39 Å². The summed E-state index contributed by atoms with van der Waals surface area (Å²) in [6.07, 6.45) is -1.06. The first-order valence-electron chi connectivity index (χ1n) is 4.75. The van der Waals surface area contributed by atoms with Crippen LogP contribution in [0.3, 0.4) is 0 Å². The Morgan fingerprint density at radius 1 is 1.50 bits per heavy atom. The van der Waals surface area contributed by atoms with Gasteiger partial charge in [0, 0.05) is 0 Å². The highest BCUT2D eigenvalue weighted by Gasteiger charge is 2.40. The molecule has 16 heavy (non-hydrogen) atoms. The lowest BCUT2D eigenvalue weighted by Gasteiger charge is -2.14. The molecule has 0 aliphatic carbocycles.